The molecule has 0 aromatic carbocycles. The van der Waals surface area contributed by atoms with E-state index < -0.39 is 11.6 Å². The van der Waals surface area contributed by atoms with Crippen molar-refractivity contribution in [3.05, 3.63) is 18.1 Å². The van der Waals surface area contributed by atoms with Crippen molar-refractivity contribution in [3.8, 4) is 0 Å². The molecule has 0 unspecified atom stereocenters. The number of aromatic nitrogens is 2. The molecule has 8 heteroatoms. The molecular formula is C16H24N4O4. The molecule has 0 atom stereocenters. The lowest BCUT2D eigenvalue weighted by Crippen LogP contribution is -2.42. The van der Waals surface area contributed by atoms with Crippen LogP contribution in [0.3, 0.4) is 0 Å². The van der Waals surface area contributed by atoms with Crippen molar-refractivity contribution in [2.45, 2.75) is 64.1 Å². The smallest absolute Gasteiger partial charge is 0.407 e. The molecule has 1 aromatic heterocycles. The molecule has 1 fully saturated rings. The number of carbonyl (C=O) groups excluding carboxylic acids is 1. The lowest BCUT2D eigenvalue weighted by Gasteiger charge is -2.30. The number of alkyl carbamates (subject to hydrolysis) is 1. The topological polar surface area (TPSA) is 113 Å². The number of ether oxygens (including phenoxy) is 1. The minimum Gasteiger partial charge on any atom is -0.476 e. The van der Waals surface area contributed by atoms with E-state index in [1.165, 1.54) is 12.4 Å². The normalized spacial score (nSPS) is 21.0. The minimum absolute atomic E-state index is 0.0779. The number of carboxylic acids is 1. The lowest BCUT2D eigenvalue weighted by molar-refractivity contribution is 0.0491. The molecular weight excluding hydrogens is 312 g/mol. The molecule has 0 saturated heterocycles. The van der Waals surface area contributed by atoms with E-state index >= 15 is 0 Å². The minimum atomic E-state index is -1.09. The number of hydrogen-bond donors (Lipinski definition) is 3. The summed E-state index contributed by atoms with van der Waals surface area (Å²) in [6.07, 6.45) is 5.73. The number of amides is 1. The molecule has 0 bridgehead atoms. The van der Waals surface area contributed by atoms with Gasteiger partial charge in [-0.05, 0) is 46.5 Å². The zero-order chi connectivity index (χ0) is 17.7. The van der Waals surface area contributed by atoms with Gasteiger partial charge in [0.25, 0.3) is 0 Å². The third kappa shape index (κ3) is 5.68. The highest BCUT2D eigenvalue weighted by Crippen LogP contribution is 2.22. The summed E-state index contributed by atoms with van der Waals surface area (Å²) in [6.45, 7) is 5.51. The first-order chi connectivity index (χ1) is 11.2. The molecule has 0 aliphatic heterocycles. The van der Waals surface area contributed by atoms with Crippen LogP contribution in [0.5, 0.6) is 0 Å². The van der Waals surface area contributed by atoms with Crippen LogP contribution in [-0.2, 0) is 4.74 Å². The Hall–Kier alpha value is -2.38. The average molecular weight is 336 g/mol. The van der Waals surface area contributed by atoms with E-state index in [-0.39, 0.29) is 23.9 Å². The van der Waals surface area contributed by atoms with Crippen molar-refractivity contribution < 1.29 is 19.4 Å². The summed E-state index contributed by atoms with van der Waals surface area (Å²) < 4.78 is 5.26. The Balaban J connectivity index is 1.76. The second-order valence-corrected chi connectivity index (χ2v) is 6.93. The van der Waals surface area contributed by atoms with Crippen molar-refractivity contribution in [3.63, 3.8) is 0 Å². The Morgan fingerprint density at radius 3 is 2.25 bits per heavy atom. The standard InChI is InChI=1S/C16H24N4O4/c1-16(2,3)24-15(23)20-11-6-4-10(5-7-11)19-13-9-17-12(8-18-13)14(21)22/h8-11H,4-7H2,1-3H3,(H,18,19)(H,20,23)(H,21,22)/t10-,11-. The molecule has 24 heavy (non-hydrogen) atoms. The van der Waals surface area contributed by atoms with Gasteiger partial charge in [-0.15, -0.1) is 0 Å². The second-order valence-electron chi connectivity index (χ2n) is 6.93. The molecule has 0 spiro atoms. The summed E-state index contributed by atoms with van der Waals surface area (Å²) in [7, 11) is 0. The first-order valence-electron chi connectivity index (χ1n) is 8.04. The van der Waals surface area contributed by atoms with Gasteiger partial charge in [0.1, 0.15) is 11.4 Å². The van der Waals surface area contributed by atoms with Crippen LogP contribution in [0.25, 0.3) is 0 Å². The van der Waals surface area contributed by atoms with E-state index in [2.05, 4.69) is 20.6 Å². The summed E-state index contributed by atoms with van der Waals surface area (Å²) in [4.78, 5) is 30.4. The maximum Gasteiger partial charge on any atom is 0.407 e. The summed E-state index contributed by atoms with van der Waals surface area (Å²) >= 11 is 0. The number of anilines is 1. The molecule has 0 radical (unpaired) electrons. The fourth-order valence-corrected chi connectivity index (χ4v) is 2.58. The summed E-state index contributed by atoms with van der Waals surface area (Å²) in [5.41, 5.74) is -0.574. The Kier molecular flexibility index (Phi) is 5.58. The fourth-order valence-electron chi connectivity index (χ4n) is 2.58. The van der Waals surface area contributed by atoms with E-state index in [1.54, 1.807) is 0 Å². The molecule has 1 saturated carbocycles. The Morgan fingerprint density at radius 1 is 1.12 bits per heavy atom. The third-order valence-electron chi connectivity index (χ3n) is 3.67. The second kappa shape index (κ2) is 7.46. The highest BCUT2D eigenvalue weighted by Gasteiger charge is 2.25. The summed E-state index contributed by atoms with van der Waals surface area (Å²) in [6, 6.07) is 0.338. The average Bonchev–Trinajstić information content (AvgIpc) is 2.48. The number of aromatic carboxylic acids is 1. The highest BCUT2D eigenvalue weighted by atomic mass is 16.6. The largest absolute Gasteiger partial charge is 0.476 e. The van der Waals surface area contributed by atoms with E-state index in [0.29, 0.717) is 5.82 Å². The molecule has 8 nitrogen and oxygen atoms in total. The molecule has 1 heterocycles. The van der Waals surface area contributed by atoms with E-state index in [9.17, 15) is 9.59 Å². The number of hydrogen-bond acceptors (Lipinski definition) is 6. The SMILES string of the molecule is CC(C)(C)OC(=O)N[C@H]1CC[C@H](Nc2cnc(C(=O)O)cn2)CC1. The summed E-state index contributed by atoms with van der Waals surface area (Å²) in [5.74, 6) is -0.536. The van der Waals surface area contributed by atoms with Crippen molar-refractivity contribution in [2.24, 2.45) is 0 Å². The van der Waals surface area contributed by atoms with Gasteiger partial charge < -0.3 is 20.5 Å². The van der Waals surface area contributed by atoms with Gasteiger partial charge in [0, 0.05) is 12.1 Å². The number of carbonyl (C=O) groups is 2. The molecule has 1 aromatic rings. The van der Waals surface area contributed by atoms with E-state index in [4.69, 9.17) is 9.84 Å². The van der Waals surface area contributed by atoms with Crippen molar-refractivity contribution in [2.75, 3.05) is 5.32 Å². The molecule has 3 N–H and O–H groups in total. The molecule has 132 valence electrons. The first kappa shape index (κ1) is 18.0. The fraction of sp³-hybridized carbons (Fsp3) is 0.625. The zero-order valence-electron chi connectivity index (χ0n) is 14.2. The number of rotatable bonds is 4. The Labute approximate surface area is 141 Å². The molecule has 1 aliphatic rings. The van der Waals surface area contributed by atoms with Crippen LogP contribution in [-0.4, -0.2) is 44.8 Å². The zero-order valence-corrected chi connectivity index (χ0v) is 14.2. The van der Waals surface area contributed by atoms with E-state index in [1.807, 2.05) is 20.8 Å². The quantitative estimate of drug-likeness (QED) is 0.773. The van der Waals surface area contributed by atoms with Crippen LogP contribution in [0.15, 0.2) is 12.4 Å². The van der Waals surface area contributed by atoms with Crippen molar-refractivity contribution in [1.29, 1.82) is 0 Å². The summed E-state index contributed by atoms with van der Waals surface area (Å²) in [5, 5.41) is 14.9. The monoisotopic (exact) mass is 336 g/mol. The van der Waals surface area contributed by atoms with Crippen molar-refractivity contribution in [1.82, 2.24) is 15.3 Å². The predicted octanol–water partition coefficient (Wildman–Crippen LogP) is 2.42. The van der Waals surface area contributed by atoms with Crippen LogP contribution < -0.4 is 10.6 Å². The maximum absolute atomic E-state index is 11.8. The highest BCUT2D eigenvalue weighted by molar-refractivity contribution is 5.84. The van der Waals surface area contributed by atoms with Gasteiger partial charge >= 0.3 is 12.1 Å². The maximum atomic E-state index is 11.8. The molecule has 2 rings (SSSR count). The number of carboxylic acid groups (broad SMARTS) is 1. The molecule has 1 aliphatic carbocycles. The number of nitrogens with one attached hydrogen (secondary N) is 2. The van der Waals surface area contributed by atoms with Gasteiger partial charge in [-0.1, -0.05) is 0 Å². The van der Waals surface area contributed by atoms with Crippen LogP contribution in [0.4, 0.5) is 10.6 Å². The predicted molar refractivity (Wildman–Crippen MR) is 88.0 cm³/mol. The van der Waals surface area contributed by atoms with Crippen LogP contribution in [0, 0.1) is 0 Å². The third-order valence-corrected chi connectivity index (χ3v) is 3.67. The van der Waals surface area contributed by atoms with Gasteiger partial charge in [-0.2, -0.15) is 0 Å². The van der Waals surface area contributed by atoms with Gasteiger partial charge in [0.15, 0.2) is 5.69 Å². The van der Waals surface area contributed by atoms with Gasteiger partial charge in [-0.3, -0.25) is 0 Å². The van der Waals surface area contributed by atoms with E-state index in [0.717, 1.165) is 25.7 Å². The number of nitrogens with zero attached hydrogens (tertiary/aromatic N) is 2. The van der Waals surface area contributed by atoms with Crippen LogP contribution >= 0.6 is 0 Å². The van der Waals surface area contributed by atoms with Gasteiger partial charge in [0.2, 0.25) is 0 Å². The lowest BCUT2D eigenvalue weighted by atomic mass is 9.91. The van der Waals surface area contributed by atoms with Gasteiger partial charge in [-0.25, -0.2) is 19.6 Å². The van der Waals surface area contributed by atoms with Crippen molar-refractivity contribution >= 4 is 17.9 Å². The Bertz CT molecular complexity index is 575. The van der Waals surface area contributed by atoms with Crippen LogP contribution in [0.1, 0.15) is 56.9 Å². The Morgan fingerprint density at radius 2 is 1.75 bits per heavy atom. The molecule has 1 amide bonds. The first-order valence-corrected chi connectivity index (χ1v) is 8.04. The van der Waals surface area contributed by atoms with Crippen LogP contribution in [0.2, 0.25) is 0 Å². The van der Waals surface area contributed by atoms with Gasteiger partial charge in [0.05, 0.1) is 12.4 Å².